The second-order valence-corrected chi connectivity index (χ2v) is 10.7. The Hall–Kier alpha value is -2.61. The van der Waals surface area contributed by atoms with Crippen molar-refractivity contribution in [1.82, 2.24) is 10.2 Å². The molecule has 4 rings (SSSR count). The topological polar surface area (TPSA) is 106 Å². The molecule has 4 atom stereocenters. The average Bonchev–Trinajstić information content (AvgIpc) is 3.49. The highest BCUT2D eigenvalue weighted by molar-refractivity contribution is 5.99. The van der Waals surface area contributed by atoms with E-state index in [4.69, 9.17) is 15.2 Å². The van der Waals surface area contributed by atoms with Crippen LogP contribution < -0.4 is 15.8 Å². The van der Waals surface area contributed by atoms with Crippen LogP contribution >= 0.6 is 0 Å². The quantitative estimate of drug-likeness (QED) is 0.656. The Balaban J connectivity index is 1.49. The molecule has 0 saturated heterocycles. The van der Waals surface area contributed by atoms with Gasteiger partial charge in [-0.05, 0) is 52.5 Å². The Morgan fingerprint density at radius 1 is 1.33 bits per heavy atom. The van der Waals surface area contributed by atoms with Gasteiger partial charge in [-0.15, -0.1) is 0 Å². The molecule has 2 heterocycles. The number of hydrogen-bond donors (Lipinski definition) is 2. The molecule has 1 aromatic carbocycles. The van der Waals surface area contributed by atoms with Gasteiger partial charge in [-0.1, -0.05) is 18.2 Å². The van der Waals surface area contributed by atoms with Crippen LogP contribution in [0.3, 0.4) is 0 Å². The molecule has 4 unspecified atom stereocenters. The average molecular weight is 457 g/mol. The Bertz CT molecular complexity index is 957. The summed E-state index contributed by atoms with van der Waals surface area (Å²) in [7, 11) is 1.64. The molecule has 2 aliphatic heterocycles. The van der Waals surface area contributed by atoms with Gasteiger partial charge in [0.2, 0.25) is 11.8 Å². The van der Waals surface area contributed by atoms with Crippen molar-refractivity contribution < 1.29 is 19.1 Å². The van der Waals surface area contributed by atoms with Crippen molar-refractivity contribution >= 4 is 17.8 Å². The summed E-state index contributed by atoms with van der Waals surface area (Å²) in [4.78, 5) is 32.4. The van der Waals surface area contributed by atoms with E-state index in [1.807, 2.05) is 52.0 Å². The molecule has 0 spiro atoms. The number of ether oxygens (including phenoxy) is 2. The molecular weight excluding hydrogens is 420 g/mol. The van der Waals surface area contributed by atoms with Crippen molar-refractivity contribution in [2.75, 3.05) is 13.7 Å². The molecule has 33 heavy (non-hydrogen) atoms. The molecule has 2 amide bonds. The highest BCUT2D eigenvalue weighted by Gasteiger charge is 2.52. The van der Waals surface area contributed by atoms with E-state index in [0.717, 1.165) is 17.7 Å². The molecule has 3 N–H and O–H groups in total. The van der Waals surface area contributed by atoms with Crippen LogP contribution in [0.2, 0.25) is 0 Å². The van der Waals surface area contributed by atoms with E-state index in [0.29, 0.717) is 25.9 Å². The summed E-state index contributed by atoms with van der Waals surface area (Å²) in [5.41, 5.74) is 6.37. The maximum atomic E-state index is 13.3. The zero-order chi connectivity index (χ0) is 24.0. The van der Waals surface area contributed by atoms with E-state index in [1.54, 1.807) is 12.0 Å². The summed E-state index contributed by atoms with van der Waals surface area (Å²) >= 11 is 0. The largest absolute Gasteiger partial charge is 0.487 e. The van der Waals surface area contributed by atoms with Crippen molar-refractivity contribution in [3.05, 3.63) is 29.8 Å². The van der Waals surface area contributed by atoms with Gasteiger partial charge in [-0.2, -0.15) is 0 Å². The third-order valence-corrected chi connectivity index (χ3v) is 6.83. The third kappa shape index (κ3) is 5.00. The van der Waals surface area contributed by atoms with Gasteiger partial charge < -0.3 is 20.5 Å². The van der Waals surface area contributed by atoms with Crippen LogP contribution in [-0.2, 0) is 14.3 Å². The van der Waals surface area contributed by atoms with E-state index in [9.17, 15) is 9.59 Å². The summed E-state index contributed by atoms with van der Waals surface area (Å²) in [6, 6.07) is 7.55. The van der Waals surface area contributed by atoms with Crippen LogP contribution in [0.5, 0.6) is 5.75 Å². The first-order valence-electron chi connectivity index (χ1n) is 11.8. The summed E-state index contributed by atoms with van der Waals surface area (Å²) in [5, 5.41) is 3.26. The van der Waals surface area contributed by atoms with Crippen LogP contribution in [0, 0.1) is 11.8 Å². The van der Waals surface area contributed by atoms with Crippen molar-refractivity contribution in [1.29, 1.82) is 0 Å². The SMILES string of the molecule is COCCC(C1CC1C(=O)NC1CC(C)(C)Oc2ccccc21)N1C(=O)CC(C)(C)N=C1N. The predicted octanol–water partition coefficient (Wildman–Crippen LogP) is 2.77. The predicted molar refractivity (Wildman–Crippen MR) is 126 cm³/mol. The van der Waals surface area contributed by atoms with Gasteiger partial charge in [0, 0.05) is 37.7 Å². The van der Waals surface area contributed by atoms with Gasteiger partial charge in [0.1, 0.15) is 11.4 Å². The van der Waals surface area contributed by atoms with Crippen molar-refractivity contribution in [3.63, 3.8) is 0 Å². The van der Waals surface area contributed by atoms with Crippen molar-refractivity contribution in [2.45, 2.75) is 76.6 Å². The number of carbonyl (C=O) groups excluding carboxylic acids is 2. The molecule has 0 aromatic heterocycles. The molecule has 1 saturated carbocycles. The van der Waals surface area contributed by atoms with E-state index in [-0.39, 0.29) is 47.3 Å². The van der Waals surface area contributed by atoms with Crippen LogP contribution in [0.15, 0.2) is 29.3 Å². The third-order valence-electron chi connectivity index (χ3n) is 6.83. The summed E-state index contributed by atoms with van der Waals surface area (Å²) in [6.07, 6.45) is 2.32. The molecule has 0 bridgehead atoms. The van der Waals surface area contributed by atoms with Crippen molar-refractivity contribution in [2.24, 2.45) is 22.6 Å². The number of para-hydroxylation sites is 1. The lowest BCUT2D eigenvalue weighted by Crippen LogP contribution is -2.55. The highest BCUT2D eigenvalue weighted by Crippen LogP contribution is 2.46. The maximum Gasteiger partial charge on any atom is 0.231 e. The highest BCUT2D eigenvalue weighted by atomic mass is 16.5. The molecule has 1 aliphatic carbocycles. The standard InChI is InChI=1S/C25H36N4O4/c1-24(2)14-21(30)29(23(26)28-24)19(10-11-32-5)16-12-17(16)22(31)27-18-13-25(3,4)33-20-9-7-6-8-15(18)20/h6-9,16-19H,10-14H2,1-5H3,(H2,26,28)(H,27,31). The number of amides is 2. The van der Waals surface area contributed by atoms with E-state index >= 15 is 0 Å². The van der Waals surface area contributed by atoms with E-state index in [1.165, 1.54) is 0 Å². The van der Waals surface area contributed by atoms with E-state index in [2.05, 4.69) is 10.3 Å². The van der Waals surface area contributed by atoms with Crippen molar-refractivity contribution in [3.8, 4) is 5.75 Å². The molecule has 0 radical (unpaired) electrons. The van der Waals surface area contributed by atoms with Gasteiger partial charge >= 0.3 is 0 Å². The molecule has 180 valence electrons. The number of methoxy groups -OCH3 is 1. The molecule has 8 nitrogen and oxygen atoms in total. The van der Waals surface area contributed by atoms with Gasteiger partial charge in [-0.3, -0.25) is 14.5 Å². The van der Waals surface area contributed by atoms with Gasteiger partial charge in [0.05, 0.1) is 18.0 Å². The molecule has 3 aliphatic rings. The number of benzene rings is 1. The summed E-state index contributed by atoms with van der Waals surface area (Å²) in [5.74, 6) is 0.890. The van der Waals surface area contributed by atoms with E-state index < -0.39 is 5.54 Å². The lowest BCUT2D eigenvalue weighted by atomic mass is 9.89. The van der Waals surface area contributed by atoms with Gasteiger partial charge in [0.25, 0.3) is 0 Å². The minimum atomic E-state index is -0.507. The number of nitrogens with zero attached hydrogens (tertiary/aromatic N) is 2. The maximum absolute atomic E-state index is 13.3. The fourth-order valence-corrected chi connectivity index (χ4v) is 5.27. The number of carbonyl (C=O) groups is 2. The van der Waals surface area contributed by atoms with Gasteiger partial charge in [0.15, 0.2) is 5.96 Å². The lowest BCUT2D eigenvalue weighted by Gasteiger charge is -2.38. The van der Waals surface area contributed by atoms with Crippen LogP contribution in [0.1, 0.15) is 65.0 Å². The Morgan fingerprint density at radius 2 is 2.06 bits per heavy atom. The fraction of sp³-hybridized carbons (Fsp3) is 0.640. The Labute approximate surface area is 195 Å². The smallest absolute Gasteiger partial charge is 0.231 e. The van der Waals surface area contributed by atoms with Crippen LogP contribution in [-0.4, -0.2) is 53.6 Å². The summed E-state index contributed by atoms with van der Waals surface area (Å²) < 4.78 is 11.4. The number of hydrogen-bond acceptors (Lipinski definition) is 6. The monoisotopic (exact) mass is 456 g/mol. The lowest BCUT2D eigenvalue weighted by molar-refractivity contribution is -0.132. The minimum absolute atomic E-state index is 0.0141. The zero-order valence-electron chi connectivity index (χ0n) is 20.3. The summed E-state index contributed by atoms with van der Waals surface area (Å²) in [6.45, 7) is 8.36. The molecule has 8 heteroatoms. The second kappa shape index (κ2) is 8.63. The zero-order valence-corrected chi connectivity index (χ0v) is 20.3. The first kappa shape index (κ1) is 23.5. The minimum Gasteiger partial charge on any atom is -0.487 e. The number of rotatable bonds is 7. The normalized spacial score (nSPS) is 28.3. The molecular formula is C25H36N4O4. The number of nitrogens with two attached hydrogens (primary N) is 1. The Kier molecular flexibility index (Phi) is 6.16. The fourth-order valence-electron chi connectivity index (χ4n) is 5.27. The Morgan fingerprint density at radius 3 is 2.76 bits per heavy atom. The van der Waals surface area contributed by atoms with Gasteiger partial charge in [-0.25, -0.2) is 4.99 Å². The van der Waals surface area contributed by atoms with Crippen LogP contribution in [0.25, 0.3) is 0 Å². The first-order valence-corrected chi connectivity index (χ1v) is 11.8. The number of fused-ring (bicyclic) bond motifs is 1. The first-order chi connectivity index (χ1) is 15.5. The number of nitrogens with one attached hydrogen (secondary N) is 1. The molecule has 1 fully saturated rings. The number of guanidine groups is 1. The van der Waals surface area contributed by atoms with Crippen LogP contribution in [0.4, 0.5) is 0 Å². The second-order valence-electron chi connectivity index (χ2n) is 10.7. The molecule has 1 aromatic rings. The number of aliphatic imine (C=N–C) groups is 1.